The molecule has 1 heteroatoms. The second-order valence-electron chi connectivity index (χ2n) is 6.05. The standard InChI is InChI=1S/C15H31N/c1-3-4-5-6-7-10-15(13-16)11-8-14(2)9-12-15/h14H,3-13,16H2,1-2H3. The molecule has 1 aliphatic carbocycles. The molecule has 0 aromatic heterocycles. The van der Waals surface area contributed by atoms with Crippen molar-refractivity contribution in [3.05, 3.63) is 0 Å². The third-order valence-electron chi connectivity index (χ3n) is 4.58. The van der Waals surface area contributed by atoms with Crippen molar-refractivity contribution >= 4 is 0 Å². The average molecular weight is 225 g/mol. The fourth-order valence-corrected chi connectivity index (χ4v) is 3.03. The van der Waals surface area contributed by atoms with Crippen molar-refractivity contribution in [1.82, 2.24) is 0 Å². The van der Waals surface area contributed by atoms with Gasteiger partial charge in [-0.3, -0.25) is 0 Å². The van der Waals surface area contributed by atoms with E-state index in [1.807, 2.05) is 0 Å². The Bertz CT molecular complexity index is 168. The van der Waals surface area contributed by atoms with Gasteiger partial charge in [-0.05, 0) is 37.1 Å². The summed E-state index contributed by atoms with van der Waals surface area (Å²) in [7, 11) is 0. The Kier molecular flexibility index (Phi) is 6.41. The molecule has 1 saturated carbocycles. The van der Waals surface area contributed by atoms with Crippen LogP contribution < -0.4 is 5.73 Å². The van der Waals surface area contributed by atoms with Crippen molar-refractivity contribution in [1.29, 1.82) is 0 Å². The summed E-state index contributed by atoms with van der Waals surface area (Å²) < 4.78 is 0. The number of hydrogen-bond donors (Lipinski definition) is 1. The monoisotopic (exact) mass is 225 g/mol. The summed E-state index contributed by atoms with van der Waals surface area (Å²) in [5, 5.41) is 0. The molecule has 0 saturated heterocycles. The van der Waals surface area contributed by atoms with Crippen LogP contribution in [0.25, 0.3) is 0 Å². The second kappa shape index (κ2) is 7.32. The Morgan fingerprint density at radius 2 is 1.69 bits per heavy atom. The molecule has 0 radical (unpaired) electrons. The molecule has 1 nitrogen and oxygen atoms in total. The summed E-state index contributed by atoms with van der Waals surface area (Å²) in [4.78, 5) is 0. The van der Waals surface area contributed by atoms with Gasteiger partial charge >= 0.3 is 0 Å². The first-order chi connectivity index (χ1) is 7.72. The van der Waals surface area contributed by atoms with E-state index in [0.29, 0.717) is 5.41 Å². The zero-order chi connectivity index (χ0) is 11.9. The van der Waals surface area contributed by atoms with Gasteiger partial charge in [0.15, 0.2) is 0 Å². The summed E-state index contributed by atoms with van der Waals surface area (Å²) in [5.74, 6) is 0.944. The Morgan fingerprint density at radius 3 is 2.25 bits per heavy atom. The fraction of sp³-hybridized carbons (Fsp3) is 1.00. The van der Waals surface area contributed by atoms with Crippen LogP contribution in [0.4, 0.5) is 0 Å². The van der Waals surface area contributed by atoms with Gasteiger partial charge in [0, 0.05) is 0 Å². The molecule has 0 amide bonds. The van der Waals surface area contributed by atoms with E-state index in [0.717, 1.165) is 12.5 Å². The molecule has 0 aromatic rings. The minimum atomic E-state index is 0.527. The van der Waals surface area contributed by atoms with E-state index in [2.05, 4.69) is 13.8 Å². The lowest BCUT2D eigenvalue weighted by atomic mass is 9.68. The topological polar surface area (TPSA) is 26.0 Å². The van der Waals surface area contributed by atoms with E-state index in [4.69, 9.17) is 5.73 Å². The van der Waals surface area contributed by atoms with Gasteiger partial charge in [-0.15, -0.1) is 0 Å². The van der Waals surface area contributed by atoms with Crippen molar-refractivity contribution in [2.75, 3.05) is 6.54 Å². The van der Waals surface area contributed by atoms with Gasteiger partial charge in [0.1, 0.15) is 0 Å². The van der Waals surface area contributed by atoms with Gasteiger partial charge in [-0.1, -0.05) is 58.8 Å². The second-order valence-corrected chi connectivity index (χ2v) is 6.05. The van der Waals surface area contributed by atoms with E-state index >= 15 is 0 Å². The van der Waals surface area contributed by atoms with Gasteiger partial charge in [0.05, 0.1) is 0 Å². The predicted octanol–water partition coefficient (Wildman–Crippen LogP) is 4.50. The smallest absolute Gasteiger partial charge is 0.00205 e. The van der Waals surface area contributed by atoms with Gasteiger partial charge < -0.3 is 5.73 Å². The minimum Gasteiger partial charge on any atom is -0.330 e. The highest BCUT2D eigenvalue weighted by atomic mass is 14.6. The van der Waals surface area contributed by atoms with Crippen LogP contribution >= 0.6 is 0 Å². The molecule has 0 heterocycles. The molecule has 1 aliphatic rings. The molecular weight excluding hydrogens is 194 g/mol. The molecule has 16 heavy (non-hydrogen) atoms. The quantitative estimate of drug-likeness (QED) is 0.634. The summed E-state index contributed by atoms with van der Waals surface area (Å²) in [6.07, 6.45) is 14.0. The van der Waals surface area contributed by atoms with Crippen LogP contribution in [0.15, 0.2) is 0 Å². The van der Waals surface area contributed by atoms with E-state index in [9.17, 15) is 0 Å². The number of nitrogens with two attached hydrogens (primary N) is 1. The molecule has 0 aliphatic heterocycles. The van der Waals surface area contributed by atoms with Crippen molar-refractivity contribution in [3.8, 4) is 0 Å². The van der Waals surface area contributed by atoms with Crippen LogP contribution in [0.1, 0.15) is 78.1 Å². The average Bonchev–Trinajstić information content (AvgIpc) is 2.32. The normalized spacial score (nSPS) is 30.6. The molecule has 0 unspecified atom stereocenters. The van der Waals surface area contributed by atoms with Crippen LogP contribution in [0.5, 0.6) is 0 Å². The maximum Gasteiger partial charge on any atom is -0.00205 e. The number of rotatable bonds is 7. The van der Waals surface area contributed by atoms with E-state index in [1.54, 1.807) is 0 Å². The third-order valence-corrected chi connectivity index (χ3v) is 4.58. The van der Waals surface area contributed by atoms with Crippen LogP contribution in [0.3, 0.4) is 0 Å². The predicted molar refractivity (Wildman–Crippen MR) is 72.5 cm³/mol. The lowest BCUT2D eigenvalue weighted by Gasteiger charge is -2.38. The maximum absolute atomic E-state index is 6.02. The Hall–Kier alpha value is -0.0400. The third kappa shape index (κ3) is 4.45. The van der Waals surface area contributed by atoms with Crippen LogP contribution in [0.2, 0.25) is 0 Å². The Balaban J connectivity index is 2.20. The van der Waals surface area contributed by atoms with Crippen molar-refractivity contribution < 1.29 is 0 Å². The maximum atomic E-state index is 6.02. The lowest BCUT2D eigenvalue weighted by Crippen LogP contribution is -2.34. The SMILES string of the molecule is CCCCCCCC1(CN)CCC(C)CC1. The van der Waals surface area contributed by atoms with E-state index in [1.165, 1.54) is 64.2 Å². The molecule has 0 spiro atoms. The molecule has 96 valence electrons. The molecule has 1 fully saturated rings. The number of unbranched alkanes of at least 4 members (excludes halogenated alkanes) is 4. The largest absolute Gasteiger partial charge is 0.330 e. The fourth-order valence-electron chi connectivity index (χ4n) is 3.03. The first-order valence-corrected chi connectivity index (χ1v) is 7.42. The van der Waals surface area contributed by atoms with Crippen LogP contribution in [-0.2, 0) is 0 Å². The van der Waals surface area contributed by atoms with Gasteiger partial charge in [0.2, 0.25) is 0 Å². The highest BCUT2D eigenvalue weighted by Crippen LogP contribution is 2.41. The molecule has 0 bridgehead atoms. The van der Waals surface area contributed by atoms with E-state index < -0.39 is 0 Å². The van der Waals surface area contributed by atoms with Crippen molar-refractivity contribution in [2.45, 2.75) is 78.1 Å². The van der Waals surface area contributed by atoms with Crippen LogP contribution in [0, 0.1) is 11.3 Å². The summed E-state index contributed by atoms with van der Waals surface area (Å²) in [6, 6.07) is 0. The van der Waals surface area contributed by atoms with Gasteiger partial charge in [-0.25, -0.2) is 0 Å². The van der Waals surface area contributed by atoms with Gasteiger partial charge in [0.25, 0.3) is 0 Å². The first kappa shape index (κ1) is 14.0. The minimum absolute atomic E-state index is 0.527. The zero-order valence-electron chi connectivity index (χ0n) is 11.4. The highest BCUT2D eigenvalue weighted by molar-refractivity contribution is 4.85. The van der Waals surface area contributed by atoms with Crippen molar-refractivity contribution in [2.24, 2.45) is 17.1 Å². The van der Waals surface area contributed by atoms with E-state index in [-0.39, 0.29) is 0 Å². The van der Waals surface area contributed by atoms with Crippen LogP contribution in [-0.4, -0.2) is 6.54 Å². The van der Waals surface area contributed by atoms with Crippen molar-refractivity contribution in [3.63, 3.8) is 0 Å². The highest BCUT2D eigenvalue weighted by Gasteiger charge is 2.31. The molecule has 1 rings (SSSR count). The molecular formula is C15H31N. The zero-order valence-corrected chi connectivity index (χ0v) is 11.4. The summed E-state index contributed by atoms with van der Waals surface area (Å²) in [6.45, 7) is 5.60. The van der Waals surface area contributed by atoms with Gasteiger partial charge in [-0.2, -0.15) is 0 Å². The number of hydrogen-bond acceptors (Lipinski definition) is 1. The Labute approximate surface area is 102 Å². The lowest BCUT2D eigenvalue weighted by molar-refractivity contribution is 0.146. The molecule has 2 N–H and O–H groups in total. The molecule has 0 aromatic carbocycles. The summed E-state index contributed by atoms with van der Waals surface area (Å²) in [5.41, 5.74) is 6.55. The summed E-state index contributed by atoms with van der Waals surface area (Å²) >= 11 is 0. The molecule has 0 atom stereocenters. The Morgan fingerprint density at radius 1 is 1.06 bits per heavy atom. The first-order valence-electron chi connectivity index (χ1n) is 7.42.